The first-order chi connectivity index (χ1) is 21.3. The Labute approximate surface area is 254 Å². The van der Waals surface area contributed by atoms with Crippen molar-refractivity contribution in [2.24, 2.45) is 0 Å². The summed E-state index contributed by atoms with van der Waals surface area (Å²) in [5, 5.41) is 0.798. The number of carbonyl (C=O) groups is 1. The van der Waals surface area contributed by atoms with Crippen LogP contribution in [0, 0.1) is 0 Å². The van der Waals surface area contributed by atoms with Crippen molar-refractivity contribution in [2.45, 2.75) is 6.61 Å². The number of hydrogen-bond acceptors (Lipinski definition) is 9. The Morgan fingerprint density at radius 3 is 2.07 bits per heavy atom. The maximum absolute atomic E-state index is 14.3. The van der Waals surface area contributed by atoms with E-state index in [2.05, 4.69) is 0 Å². The highest BCUT2D eigenvalue weighted by Crippen LogP contribution is 2.44. The number of nitrogen functional groups attached to an aromatic ring is 1. The first-order valence-corrected chi connectivity index (χ1v) is 13.6. The Morgan fingerprint density at radius 1 is 0.750 bits per heavy atom. The summed E-state index contributed by atoms with van der Waals surface area (Å²) >= 11 is 0. The van der Waals surface area contributed by atoms with Gasteiger partial charge in [0.05, 0.1) is 40.9 Å². The van der Waals surface area contributed by atoms with E-state index in [-0.39, 0.29) is 12.3 Å². The van der Waals surface area contributed by atoms with Crippen LogP contribution in [0.5, 0.6) is 28.7 Å². The fraction of sp³-hybridized carbons (Fsp3) is 0.176. The van der Waals surface area contributed by atoms with Gasteiger partial charge in [0, 0.05) is 16.9 Å². The number of benzene rings is 4. The lowest BCUT2D eigenvalue weighted by atomic mass is 9.95. The molecule has 0 unspecified atom stereocenters. The molecule has 0 atom stereocenters. The van der Waals surface area contributed by atoms with Crippen molar-refractivity contribution >= 4 is 22.4 Å². The quantitative estimate of drug-likeness (QED) is 0.161. The van der Waals surface area contributed by atoms with Crippen molar-refractivity contribution in [1.29, 1.82) is 0 Å². The zero-order valence-corrected chi connectivity index (χ0v) is 25.0. The van der Waals surface area contributed by atoms with E-state index < -0.39 is 11.5 Å². The molecule has 0 spiro atoms. The number of pyridine rings is 1. The first kappa shape index (κ1) is 29.8. The molecule has 0 aliphatic rings. The lowest BCUT2D eigenvalue weighted by Crippen LogP contribution is -2.27. The summed E-state index contributed by atoms with van der Waals surface area (Å²) in [6.07, 6.45) is 0. The molecule has 44 heavy (non-hydrogen) atoms. The van der Waals surface area contributed by atoms with Gasteiger partial charge in [0.2, 0.25) is 5.75 Å². The number of hydrogen-bond donors (Lipinski definition) is 1. The van der Waals surface area contributed by atoms with E-state index in [1.807, 2.05) is 24.3 Å². The van der Waals surface area contributed by atoms with Gasteiger partial charge in [-0.15, -0.1) is 0 Å². The van der Waals surface area contributed by atoms with Crippen LogP contribution >= 0.6 is 0 Å². The Bertz CT molecular complexity index is 1870. The lowest BCUT2D eigenvalue weighted by molar-refractivity contribution is 0.0591. The van der Waals surface area contributed by atoms with Crippen LogP contribution in [0.1, 0.15) is 16.1 Å². The number of methoxy groups -OCH3 is 5. The Kier molecular flexibility index (Phi) is 8.61. The van der Waals surface area contributed by atoms with E-state index in [0.29, 0.717) is 62.0 Å². The third-order valence-corrected chi connectivity index (χ3v) is 7.18. The molecule has 5 aromatic rings. The predicted octanol–water partition coefficient (Wildman–Crippen LogP) is 5.64. The van der Waals surface area contributed by atoms with E-state index in [4.69, 9.17) is 34.2 Å². The summed E-state index contributed by atoms with van der Waals surface area (Å²) in [4.78, 5) is 27.8. The maximum atomic E-state index is 14.3. The van der Waals surface area contributed by atoms with E-state index >= 15 is 0 Å². The molecule has 0 saturated heterocycles. The molecular weight excluding hydrogens is 564 g/mol. The zero-order chi connectivity index (χ0) is 31.4. The molecule has 1 aromatic heterocycles. The van der Waals surface area contributed by atoms with Gasteiger partial charge in [-0.2, -0.15) is 0 Å². The smallest absolute Gasteiger partial charge is 0.355 e. The lowest BCUT2D eigenvalue weighted by Gasteiger charge is -2.21. The number of nitrogens with zero attached hydrogens (tertiary/aromatic N) is 1. The fourth-order valence-electron chi connectivity index (χ4n) is 5.08. The van der Waals surface area contributed by atoms with Gasteiger partial charge in [0.1, 0.15) is 23.8 Å². The summed E-state index contributed by atoms with van der Waals surface area (Å²) in [5.41, 5.74) is 8.26. The Balaban J connectivity index is 1.81. The van der Waals surface area contributed by atoms with Gasteiger partial charge in [0.25, 0.3) is 5.56 Å². The van der Waals surface area contributed by atoms with E-state index in [1.54, 1.807) is 61.7 Å². The van der Waals surface area contributed by atoms with Gasteiger partial charge >= 0.3 is 5.97 Å². The van der Waals surface area contributed by atoms with Crippen molar-refractivity contribution in [3.63, 3.8) is 0 Å². The second kappa shape index (κ2) is 12.7. The molecule has 226 valence electrons. The maximum Gasteiger partial charge on any atom is 0.355 e. The van der Waals surface area contributed by atoms with Gasteiger partial charge in [-0.3, -0.25) is 9.36 Å². The second-order valence-corrected chi connectivity index (χ2v) is 9.71. The molecule has 0 aliphatic carbocycles. The van der Waals surface area contributed by atoms with Crippen molar-refractivity contribution in [1.82, 2.24) is 4.57 Å². The Hall–Kier alpha value is -5.64. The third-order valence-electron chi connectivity index (χ3n) is 7.18. The second-order valence-electron chi connectivity index (χ2n) is 9.71. The van der Waals surface area contributed by atoms with Gasteiger partial charge in [-0.1, -0.05) is 12.1 Å². The minimum absolute atomic E-state index is 0.00842. The molecule has 0 amide bonds. The van der Waals surface area contributed by atoms with E-state index in [0.717, 1.165) is 5.56 Å². The molecule has 0 saturated carbocycles. The van der Waals surface area contributed by atoms with Crippen molar-refractivity contribution in [2.75, 3.05) is 41.3 Å². The highest BCUT2D eigenvalue weighted by atomic mass is 16.5. The molecule has 4 aromatic carbocycles. The molecular formula is C34H32N2O8. The number of aromatic nitrogens is 1. The number of esters is 1. The first-order valence-electron chi connectivity index (χ1n) is 13.6. The standard InChI is InChI=1S/C34H32N2O8/c1-39-24-8-6-7-20(15-24)19-44-25-13-14-26-27(18-25)33(37)36(23-11-9-22(35)10-12-23)31(34(38)43-5)30(26)21-16-28(40-2)32(42-4)29(17-21)41-3/h6-18H,19,35H2,1-5H3. The number of fused-ring (bicyclic) bond motifs is 1. The van der Waals surface area contributed by atoms with Crippen LogP contribution in [0.15, 0.2) is 83.7 Å². The van der Waals surface area contributed by atoms with E-state index in [1.165, 1.54) is 33.0 Å². The van der Waals surface area contributed by atoms with Gasteiger partial charge in [-0.05, 0) is 83.2 Å². The predicted molar refractivity (Wildman–Crippen MR) is 168 cm³/mol. The normalized spacial score (nSPS) is 10.8. The van der Waals surface area contributed by atoms with Crippen LogP contribution in [0.4, 0.5) is 5.69 Å². The zero-order valence-electron chi connectivity index (χ0n) is 25.0. The highest BCUT2D eigenvalue weighted by molar-refractivity contribution is 6.08. The average Bonchev–Trinajstić information content (AvgIpc) is 3.06. The van der Waals surface area contributed by atoms with Crippen LogP contribution in [-0.4, -0.2) is 46.1 Å². The summed E-state index contributed by atoms with van der Waals surface area (Å²) in [5.74, 6) is 1.57. The number of rotatable bonds is 10. The average molecular weight is 597 g/mol. The minimum atomic E-state index is -0.720. The Morgan fingerprint density at radius 2 is 1.45 bits per heavy atom. The third kappa shape index (κ3) is 5.57. The highest BCUT2D eigenvalue weighted by Gasteiger charge is 2.27. The molecule has 10 heteroatoms. The monoisotopic (exact) mass is 596 g/mol. The topological polar surface area (TPSA) is 120 Å². The summed E-state index contributed by atoms with van der Waals surface area (Å²) in [7, 11) is 7.37. The van der Waals surface area contributed by atoms with Crippen LogP contribution < -0.4 is 35.0 Å². The van der Waals surface area contributed by atoms with Crippen LogP contribution in [0.25, 0.3) is 27.6 Å². The number of carbonyl (C=O) groups excluding carboxylic acids is 1. The van der Waals surface area contributed by atoms with Crippen LogP contribution in [0.3, 0.4) is 0 Å². The molecule has 0 aliphatic heterocycles. The van der Waals surface area contributed by atoms with Crippen molar-refractivity contribution in [3.05, 3.63) is 100 Å². The molecule has 0 bridgehead atoms. The van der Waals surface area contributed by atoms with Crippen LogP contribution in [0.2, 0.25) is 0 Å². The fourth-order valence-corrected chi connectivity index (χ4v) is 5.08. The molecule has 2 N–H and O–H groups in total. The molecule has 10 nitrogen and oxygen atoms in total. The van der Waals surface area contributed by atoms with Gasteiger partial charge < -0.3 is 34.2 Å². The van der Waals surface area contributed by atoms with Gasteiger partial charge in [0.15, 0.2) is 11.5 Å². The van der Waals surface area contributed by atoms with Crippen molar-refractivity contribution < 1.29 is 33.2 Å². The minimum Gasteiger partial charge on any atom is -0.497 e. The summed E-state index contributed by atoms with van der Waals surface area (Å²) in [6, 6.07) is 22.7. The summed E-state index contributed by atoms with van der Waals surface area (Å²) in [6.45, 7) is 0.245. The molecule has 5 rings (SSSR count). The van der Waals surface area contributed by atoms with Crippen molar-refractivity contribution in [3.8, 4) is 45.6 Å². The summed E-state index contributed by atoms with van der Waals surface area (Å²) < 4.78 is 34.7. The SMILES string of the molecule is COC(=O)c1c(-c2cc(OC)c(OC)c(OC)c2)c2ccc(OCc3cccc(OC)c3)cc2c(=O)n1-c1ccc(N)cc1. The number of anilines is 1. The molecule has 0 radical (unpaired) electrons. The van der Waals surface area contributed by atoms with Crippen LogP contribution in [-0.2, 0) is 11.3 Å². The largest absolute Gasteiger partial charge is 0.497 e. The van der Waals surface area contributed by atoms with Gasteiger partial charge in [-0.25, -0.2) is 4.79 Å². The van der Waals surface area contributed by atoms with E-state index in [9.17, 15) is 9.59 Å². The molecule has 0 fully saturated rings. The number of ether oxygens (including phenoxy) is 6. The molecule has 1 heterocycles. The number of nitrogens with two attached hydrogens (primary N) is 1.